The van der Waals surface area contributed by atoms with Crippen LogP contribution in [-0.4, -0.2) is 39.5 Å². The second kappa shape index (κ2) is 8.35. The Kier molecular flexibility index (Phi) is 7.24. The van der Waals surface area contributed by atoms with E-state index < -0.39 is 38.6 Å². The summed E-state index contributed by atoms with van der Waals surface area (Å²) in [6.45, 7) is 2.59. The van der Waals surface area contributed by atoms with E-state index in [0.29, 0.717) is 19.0 Å². The molecule has 2 unspecified atom stereocenters. The number of carbonyl (C=O) groups is 1. The van der Waals surface area contributed by atoms with Gasteiger partial charge in [0.15, 0.2) is 0 Å². The first-order valence-corrected chi connectivity index (χ1v) is 8.79. The van der Waals surface area contributed by atoms with Crippen LogP contribution in [0.1, 0.15) is 18.9 Å². The molecule has 1 aromatic rings. The van der Waals surface area contributed by atoms with Gasteiger partial charge in [0.25, 0.3) is 0 Å². The van der Waals surface area contributed by atoms with Crippen LogP contribution in [0.3, 0.4) is 0 Å². The van der Waals surface area contributed by atoms with Crippen LogP contribution >= 0.6 is 12.4 Å². The summed E-state index contributed by atoms with van der Waals surface area (Å²) >= 11 is 0. The van der Waals surface area contributed by atoms with Crippen molar-refractivity contribution in [2.75, 3.05) is 13.1 Å². The van der Waals surface area contributed by atoms with Crippen LogP contribution in [0.2, 0.25) is 0 Å². The third kappa shape index (κ3) is 5.56. The predicted octanol–water partition coefficient (Wildman–Crippen LogP) is 1.27. The van der Waals surface area contributed by atoms with Crippen LogP contribution in [0.5, 0.6) is 0 Å². The molecule has 0 bridgehead atoms. The molecule has 1 fully saturated rings. The van der Waals surface area contributed by atoms with E-state index in [2.05, 4.69) is 10.6 Å². The number of alkyl halides is 3. The van der Waals surface area contributed by atoms with Crippen molar-refractivity contribution in [2.45, 2.75) is 36.5 Å². The third-order valence-corrected chi connectivity index (χ3v) is 5.21. The van der Waals surface area contributed by atoms with Crippen LogP contribution in [0.4, 0.5) is 13.2 Å². The van der Waals surface area contributed by atoms with Crippen molar-refractivity contribution in [1.82, 2.24) is 15.4 Å². The van der Waals surface area contributed by atoms with E-state index in [0.717, 1.165) is 18.7 Å². The lowest BCUT2D eigenvalue weighted by Gasteiger charge is -2.19. The first-order chi connectivity index (χ1) is 11.1. The average Bonchev–Trinajstić information content (AvgIpc) is 2.99. The molecule has 0 aromatic heterocycles. The fraction of sp³-hybridized carbons (Fsp3) is 0.500. The number of benzene rings is 1. The van der Waals surface area contributed by atoms with Crippen molar-refractivity contribution >= 4 is 28.3 Å². The highest BCUT2D eigenvalue weighted by molar-refractivity contribution is 7.89. The standard InChI is InChI=1S/C14H18F3N3O3S.ClH/c1-9(13(21)19-10-6-7-18-8-10)20-24(22,23)12-5-3-2-4-11(12)14(15,16)17;/h2-5,9-10,18,20H,6-8H2,1H3,(H,19,21);1H. The lowest BCUT2D eigenvalue weighted by Crippen LogP contribution is -2.48. The topological polar surface area (TPSA) is 87.3 Å². The van der Waals surface area contributed by atoms with Crippen LogP contribution in [-0.2, 0) is 21.0 Å². The summed E-state index contributed by atoms with van der Waals surface area (Å²) in [4.78, 5) is 11.1. The quantitative estimate of drug-likeness (QED) is 0.693. The predicted molar refractivity (Wildman–Crippen MR) is 87.9 cm³/mol. The Morgan fingerprint density at radius 1 is 1.32 bits per heavy atom. The van der Waals surface area contributed by atoms with Gasteiger partial charge in [-0.3, -0.25) is 4.79 Å². The van der Waals surface area contributed by atoms with Gasteiger partial charge in [-0.25, -0.2) is 8.42 Å². The molecule has 1 aliphatic rings. The molecule has 1 aromatic carbocycles. The highest BCUT2D eigenvalue weighted by atomic mass is 35.5. The zero-order valence-corrected chi connectivity index (χ0v) is 14.9. The van der Waals surface area contributed by atoms with E-state index in [1.54, 1.807) is 0 Å². The number of hydrogen-bond donors (Lipinski definition) is 3. The molecule has 0 spiro atoms. The summed E-state index contributed by atoms with van der Waals surface area (Å²) in [5, 5.41) is 5.68. The molecular formula is C14H19ClF3N3O3S. The van der Waals surface area contributed by atoms with Crippen molar-refractivity contribution in [3.05, 3.63) is 29.8 Å². The fourth-order valence-corrected chi connectivity index (χ4v) is 3.82. The molecular weight excluding hydrogens is 383 g/mol. The minimum Gasteiger partial charge on any atom is -0.351 e. The summed E-state index contributed by atoms with van der Waals surface area (Å²) in [7, 11) is -4.50. The molecule has 2 rings (SSSR count). The van der Waals surface area contributed by atoms with E-state index in [4.69, 9.17) is 0 Å². The van der Waals surface area contributed by atoms with Gasteiger partial charge in [0.1, 0.15) is 0 Å². The van der Waals surface area contributed by atoms with Gasteiger partial charge in [-0.1, -0.05) is 12.1 Å². The monoisotopic (exact) mass is 401 g/mol. The maximum Gasteiger partial charge on any atom is 0.417 e. The van der Waals surface area contributed by atoms with Gasteiger partial charge >= 0.3 is 6.18 Å². The number of hydrogen-bond acceptors (Lipinski definition) is 4. The van der Waals surface area contributed by atoms with Gasteiger partial charge < -0.3 is 10.6 Å². The first-order valence-electron chi connectivity index (χ1n) is 7.31. The molecule has 25 heavy (non-hydrogen) atoms. The third-order valence-electron chi connectivity index (χ3n) is 3.61. The van der Waals surface area contributed by atoms with Crippen LogP contribution in [0.15, 0.2) is 29.2 Å². The maximum absolute atomic E-state index is 13.0. The van der Waals surface area contributed by atoms with E-state index in [9.17, 15) is 26.4 Å². The van der Waals surface area contributed by atoms with E-state index >= 15 is 0 Å². The maximum atomic E-state index is 13.0. The van der Waals surface area contributed by atoms with E-state index in [1.807, 2.05) is 4.72 Å². The molecule has 0 saturated carbocycles. The fourth-order valence-electron chi connectivity index (χ4n) is 2.39. The first kappa shape index (κ1) is 21.7. The molecule has 3 N–H and O–H groups in total. The van der Waals surface area contributed by atoms with Crippen molar-refractivity contribution in [3.63, 3.8) is 0 Å². The molecule has 1 saturated heterocycles. The molecule has 2 atom stereocenters. The Morgan fingerprint density at radius 2 is 1.96 bits per heavy atom. The van der Waals surface area contributed by atoms with Crippen molar-refractivity contribution < 1.29 is 26.4 Å². The van der Waals surface area contributed by atoms with Gasteiger partial charge in [0.2, 0.25) is 15.9 Å². The number of nitrogens with one attached hydrogen (secondary N) is 3. The van der Waals surface area contributed by atoms with Crippen molar-refractivity contribution in [1.29, 1.82) is 0 Å². The number of carbonyl (C=O) groups excluding carboxylic acids is 1. The zero-order valence-electron chi connectivity index (χ0n) is 13.3. The largest absolute Gasteiger partial charge is 0.417 e. The normalized spacial score (nSPS) is 19.1. The molecule has 142 valence electrons. The highest BCUT2D eigenvalue weighted by Gasteiger charge is 2.37. The van der Waals surface area contributed by atoms with E-state index in [-0.39, 0.29) is 18.4 Å². The van der Waals surface area contributed by atoms with Crippen molar-refractivity contribution in [2.24, 2.45) is 0 Å². The summed E-state index contributed by atoms with van der Waals surface area (Å²) in [5.74, 6) is -0.586. The smallest absolute Gasteiger partial charge is 0.351 e. The molecule has 11 heteroatoms. The molecule has 6 nitrogen and oxygen atoms in total. The SMILES string of the molecule is CC(NS(=O)(=O)c1ccccc1C(F)(F)F)C(=O)NC1CCNC1.Cl. The Hall–Kier alpha value is -1.36. The summed E-state index contributed by atoms with van der Waals surface area (Å²) in [6, 6.07) is 2.52. The number of halogens is 4. The van der Waals surface area contributed by atoms with Gasteiger partial charge in [-0.05, 0) is 32.0 Å². The lowest BCUT2D eigenvalue weighted by atomic mass is 10.2. The summed E-state index contributed by atoms with van der Waals surface area (Å²) in [5.41, 5.74) is -1.27. The van der Waals surface area contributed by atoms with Gasteiger partial charge in [0.05, 0.1) is 16.5 Å². The average molecular weight is 402 g/mol. The van der Waals surface area contributed by atoms with Gasteiger partial charge in [-0.15, -0.1) is 12.4 Å². The molecule has 1 heterocycles. The van der Waals surface area contributed by atoms with Gasteiger partial charge in [0, 0.05) is 12.6 Å². The van der Waals surface area contributed by atoms with Crippen LogP contribution in [0, 0.1) is 0 Å². The molecule has 1 amide bonds. The Labute approximate surface area is 150 Å². The number of amides is 1. The zero-order chi connectivity index (χ0) is 18.0. The van der Waals surface area contributed by atoms with Crippen LogP contribution in [0.25, 0.3) is 0 Å². The molecule has 0 radical (unpaired) electrons. The number of rotatable bonds is 5. The van der Waals surface area contributed by atoms with Crippen molar-refractivity contribution in [3.8, 4) is 0 Å². The van der Waals surface area contributed by atoms with E-state index in [1.165, 1.54) is 13.0 Å². The van der Waals surface area contributed by atoms with Gasteiger partial charge in [-0.2, -0.15) is 17.9 Å². The second-order valence-electron chi connectivity index (χ2n) is 5.54. The summed E-state index contributed by atoms with van der Waals surface area (Å²) in [6.07, 6.45) is -4.10. The second-order valence-corrected chi connectivity index (χ2v) is 7.22. The lowest BCUT2D eigenvalue weighted by molar-refractivity contribution is -0.139. The minimum absolute atomic E-state index is 0. The highest BCUT2D eigenvalue weighted by Crippen LogP contribution is 2.33. The molecule has 1 aliphatic heterocycles. The molecule has 0 aliphatic carbocycles. The Bertz CT molecular complexity index is 707. The Morgan fingerprint density at radius 3 is 2.52 bits per heavy atom. The number of sulfonamides is 1. The summed E-state index contributed by atoms with van der Waals surface area (Å²) < 4.78 is 65.4. The Balaban J connectivity index is 0.00000312. The minimum atomic E-state index is -4.81. The van der Waals surface area contributed by atoms with Crippen LogP contribution < -0.4 is 15.4 Å².